The number of hydrogen-bond acceptors (Lipinski definition) is 8. The normalized spacial score (nSPS) is 13.5. The van der Waals surface area contributed by atoms with Crippen LogP contribution in [-0.4, -0.2) is 26.8 Å². The Kier molecular flexibility index (Phi) is 5.54. The smallest absolute Gasteiger partial charge is 0.267 e. The largest absolute Gasteiger partial charge is 0.497 e. The van der Waals surface area contributed by atoms with E-state index in [9.17, 15) is 4.79 Å². The average molecular weight is 455 g/mol. The molecule has 0 saturated carbocycles. The van der Waals surface area contributed by atoms with Crippen LogP contribution < -0.4 is 10.3 Å². The first kappa shape index (κ1) is 20.3. The lowest BCUT2D eigenvalue weighted by atomic mass is 9.97. The predicted octanol–water partition coefficient (Wildman–Crippen LogP) is 4.57. The monoisotopic (exact) mass is 454 g/mol. The summed E-state index contributed by atoms with van der Waals surface area (Å²) in [4.78, 5) is 25.2. The Morgan fingerprint density at radius 3 is 2.74 bits per heavy atom. The molecule has 3 heterocycles. The average Bonchev–Trinajstić information content (AvgIpc) is 3.42. The lowest BCUT2D eigenvalue weighted by molar-refractivity contribution is 0.385. The van der Waals surface area contributed by atoms with Gasteiger partial charge >= 0.3 is 0 Å². The van der Waals surface area contributed by atoms with Crippen LogP contribution in [0.3, 0.4) is 0 Å². The Morgan fingerprint density at radius 1 is 1.19 bits per heavy atom. The summed E-state index contributed by atoms with van der Waals surface area (Å²) in [5, 5.41) is 5.35. The quantitative estimate of drug-likeness (QED) is 0.312. The van der Waals surface area contributed by atoms with Gasteiger partial charge in [-0.2, -0.15) is 4.98 Å². The number of methoxy groups -OCH3 is 1. The van der Waals surface area contributed by atoms with Gasteiger partial charge in [-0.3, -0.25) is 9.36 Å². The van der Waals surface area contributed by atoms with Crippen LogP contribution in [0.2, 0.25) is 0 Å². The molecule has 1 aliphatic carbocycles. The maximum Gasteiger partial charge on any atom is 0.267 e. The minimum atomic E-state index is -0.0168. The predicted molar refractivity (Wildman–Crippen MR) is 122 cm³/mol. The van der Waals surface area contributed by atoms with Crippen molar-refractivity contribution in [3.63, 3.8) is 0 Å². The summed E-state index contributed by atoms with van der Waals surface area (Å²) < 4.78 is 12.3. The molecule has 31 heavy (non-hydrogen) atoms. The number of aromatic nitrogens is 4. The molecule has 9 heteroatoms. The third-order valence-electron chi connectivity index (χ3n) is 5.44. The molecule has 4 aromatic rings. The van der Waals surface area contributed by atoms with Gasteiger partial charge in [0.1, 0.15) is 10.6 Å². The van der Waals surface area contributed by atoms with E-state index in [1.807, 2.05) is 31.2 Å². The number of benzene rings is 1. The number of nitrogens with zero attached hydrogens (tertiary/aromatic N) is 4. The van der Waals surface area contributed by atoms with Crippen molar-refractivity contribution in [1.82, 2.24) is 19.7 Å². The first-order valence-corrected chi connectivity index (χ1v) is 12.1. The van der Waals surface area contributed by atoms with E-state index < -0.39 is 0 Å². The van der Waals surface area contributed by atoms with Gasteiger partial charge in [-0.15, -0.1) is 11.3 Å². The molecule has 0 aliphatic heterocycles. The second kappa shape index (κ2) is 8.47. The third-order valence-corrected chi connectivity index (χ3v) is 7.55. The second-order valence-corrected chi connectivity index (χ2v) is 9.40. The van der Waals surface area contributed by atoms with Crippen LogP contribution in [0.1, 0.15) is 41.9 Å². The van der Waals surface area contributed by atoms with Crippen LogP contribution in [-0.2, 0) is 25.0 Å². The zero-order chi connectivity index (χ0) is 21.4. The van der Waals surface area contributed by atoms with Gasteiger partial charge in [-0.05, 0) is 55.5 Å². The molecule has 5 rings (SSSR count). The standard InChI is InChI=1S/C22H22N4O3S2/c1-3-17-23-18(29-25-17)12-30-22-24-20-19(15-6-4-5-7-16(15)31-20)21(27)26(22)13-8-10-14(28-2)11-9-13/h8-11H,3-7,12H2,1-2H3. The third kappa shape index (κ3) is 3.76. The van der Waals surface area contributed by atoms with E-state index in [0.29, 0.717) is 22.6 Å². The molecule has 160 valence electrons. The number of fused-ring (bicyclic) bond motifs is 3. The fourth-order valence-corrected chi connectivity index (χ4v) is 6.01. The molecule has 0 atom stereocenters. The number of rotatable bonds is 6. The summed E-state index contributed by atoms with van der Waals surface area (Å²) in [5.41, 5.74) is 1.93. The van der Waals surface area contributed by atoms with Gasteiger partial charge in [0.25, 0.3) is 5.56 Å². The summed E-state index contributed by atoms with van der Waals surface area (Å²) in [6.45, 7) is 1.98. The van der Waals surface area contributed by atoms with E-state index in [2.05, 4.69) is 10.1 Å². The van der Waals surface area contributed by atoms with Crippen LogP contribution in [0.5, 0.6) is 5.75 Å². The van der Waals surface area contributed by atoms with Crippen LogP contribution in [0.15, 0.2) is 38.7 Å². The van der Waals surface area contributed by atoms with Crippen LogP contribution >= 0.6 is 23.1 Å². The maximum absolute atomic E-state index is 13.7. The molecule has 3 aromatic heterocycles. The highest BCUT2D eigenvalue weighted by Gasteiger charge is 2.23. The summed E-state index contributed by atoms with van der Waals surface area (Å²) in [6.07, 6.45) is 4.99. The van der Waals surface area contributed by atoms with E-state index in [1.165, 1.54) is 28.6 Å². The van der Waals surface area contributed by atoms with Crippen LogP contribution in [0.4, 0.5) is 0 Å². The molecule has 1 aromatic carbocycles. The Balaban J connectivity index is 1.63. The highest BCUT2D eigenvalue weighted by molar-refractivity contribution is 7.98. The summed E-state index contributed by atoms with van der Waals surface area (Å²) in [5.74, 6) is 2.40. The van der Waals surface area contributed by atoms with E-state index in [0.717, 1.165) is 47.3 Å². The fraction of sp³-hybridized carbons (Fsp3) is 0.364. The van der Waals surface area contributed by atoms with Crippen molar-refractivity contribution in [2.75, 3.05) is 7.11 Å². The number of thioether (sulfide) groups is 1. The van der Waals surface area contributed by atoms with E-state index in [4.69, 9.17) is 14.2 Å². The molecule has 0 fully saturated rings. The molecule has 0 amide bonds. The summed E-state index contributed by atoms with van der Waals surface area (Å²) >= 11 is 3.09. The molecule has 7 nitrogen and oxygen atoms in total. The molecular formula is C22H22N4O3S2. The van der Waals surface area contributed by atoms with E-state index in [-0.39, 0.29) is 5.56 Å². The first-order valence-electron chi connectivity index (χ1n) is 10.3. The van der Waals surface area contributed by atoms with Crippen molar-refractivity contribution in [3.05, 3.63) is 56.8 Å². The Morgan fingerprint density at radius 2 is 2.00 bits per heavy atom. The van der Waals surface area contributed by atoms with Gasteiger partial charge in [0.15, 0.2) is 11.0 Å². The van der Waals surface area contributed by atoms with Gasteiger partial charge < -0.3 is 9.26 Å². The number of aryl methyl sites for hydroxylation is 3. The minimum Gasteiger partial charge on any atom is -0.497 e. The SMILES string of the molecule is CCc1noc(CSc2nc3sc4c(c3c(=O)n2-c2ccc(OC)cc2)CCCC4)n1. The second-order valence-electron chi connectivity index (χ2n) is 7.37. The Labute approximate surface area is 187 Å². The van der Waals surface area contributed by atoms with Crippen LogP contribution in [0, 0.1) is 0 Å². The molecule has 1 aliphatic rings. The molecule has 0 bridgehead atoms. The molecule has 0 spiro atoms. The van der Waals surface area contributed by atoms with Crippen molar-refractivity contribution in [2.45, 2.75) is 49.9 Å². The maximum atomic E-state index is 13.7. The summed E-state index contributed by atoms with van der Waals surface area (Å²) in [6, 6.07) is 7.49. The number of hydrogen-bond donors (Lipinski definition) is 0. The van der Waals surface area contributed by atoms with Crippen molar-refractivity contribution in [1.29, 1.82) is 0 Å². The van der Waals surface area contributed by atoms with E-state index >= 15 is 0 Å². The molecule has 0 N–H and O–H groups in total. The molecule has 0 radical (unpaired) electrons. The zero-order valence-electron chi connectivity index (χ0n) is 17.4. The number of ether oxygens (including phenoxy) is 1. The topological polar surface area (TPSA) is 83.0 Å². The zero-order valence-corrected chi connectivity index (χ0v) is 19.0. The Hall–Kier alpha value is -2.65. The van der Waals surface area contributed by atoms with Crippen molar-refractivity contribution in [3.8, 4) is 11.4 Å². The Bertz CT molecular complexity index is 1290. The first-order chi connectivity index (χ1) is 15.2. The van der Waals surface area contributed by atoms with Gasteiger partial charge in [0.2, 0.25) is 5.89 Å². The van der Waals surface area contributed by atoms with Gasteiger partial charge in [-0.25, -0.2) is 4.98 Å². The van der Waals surface area contributed by atoms with Gasteiger partial charge in [0, 0.05) is 11.3 Å². The molecule has 0 saturated heterocycles. The van der Waals surface area contributed by atoms with Crippen molar-refractivity contribution < 1.29 is 9.26 Å². The van der Waals surface area contributed by atoms with Crippen LogP contribution in [0.25, 0.3) is 15.9 Å². The molecule has 0 unspecified atom stereocenters. The fourth-order valence-electron chi connectivity index (χ4n) is 3.86. The lowest BCUT2D eigenvalue weighted by Gasteiger charge is -2.13. The van der Waals surface area contributed by atoms with E-state index in [1.54, 1.807) is 23.0 Å². The highest BCUT2D eigenvalue weighted by Crippen LogP contribution is 2.35. The van der Waals surface area contributed by atoms with Gasteiger partial charge in [0.05, 0.1) is 23.9 Å². The van der Waals surface area contributed by atoms with Crippen molar-refractivity contribution in [2.24, 2.45) is 0 Å². The lowest BCUT2D eigenvalue weighted by Crippen LogP contribution is -2.22. The van der Waals surface area contributed by atoms with Gasteiger partial charge in [-0.1, -0.05) is 23.8 Å². The van der Waals surface area contributed by atoms with Crippen molar-refractivity contribution >= 4 is 33.3 Å². The highest BCUT2D eigenvalue weighted by atomic mass is 32.2. The minimum absolute atomic E-state index is 0.0168. The molecular weight excluding hydrogens is 432 g/mol. The summed E-state index contributed by atoms with van der Waals surface area (Å²) in [7, 11) is 1.63. The number of thiophene rings is 1.